The number of hydrogen-bond donors (Lipinski definition) is 0. The van der Waals surface area contributed by atoms with E-state index in [1.165, 1.54) is 11.5 Å². The fourth-order valence-electron chi connectivity index (χ4n) is 1.65. The lowest BCUT2D eigenvalue weighted by atomic mass is 10.2. The van der Waals surface area contributed by atoms with E-state index in [1.807, 2.05) is 48.5 Å². The Kier molecular flexibility index (Phi) is 3.77. The molecule has 0 radical (unpaired) electrons. The van der Waals surface area contributed by atoms with Crippen LogP contribution in [0.3, 0.4) is 0 Å². The van der Waals surface area contributed by atoms with Gasteiger partial charge in [0.25, 0.3) is 0 Å². The number of benzene rings is 2. The molecule has 2 aromatic carbocycles. The second-order valence-electron chi connectivity index (χ2n) is 3.94. The molecule has 3 aromatic rings. The molecule has 0 saturated carbocycles. The van der Waals surface area contributed by atoms with Crippen LogP contribution in [0.15, 0.2) is 57.5 Å². The van der Waals surface area contributed by atoms with Crippen LogP contribution < -0.4 is 0 Å². The average Bonchev–Trinajstić information content (AvgIpc) is 2.90. The van der Waals surface area contributed by atoms with Crippen LogP contribution >= 0.6 is 43.4 Å². The third-order valence-corrected chi connectivity index (χ3v) is 4.44. The number of aromatic nitrogens is 2. The average molecular weight is 396 g/mol. The van der Waals surface area contributed by atoms with Crippen molar-refractivity contribution in [3.63, 3.8) is 0 Å². The van der Waals surface area contributed by atoms with Gasteiger partial charge < -0.3 is 0 Å². The normalized spacial score (nSPS) is 10.6. The minimum absolute atomic E-state index is 0.774. The summed E-state index contributed by atoms with van der Waals surface area (Å²) in [7, 11) is 0. The topological polar surface area (TPSA) is 25.8 Å². The van der Waals surface area contributed by atoms with Gasteiger partial charge in [-0.05, 0) is 35.8 Å². The largest absolute Gasteiger partial charge is 0.215 e. The molecule has 3 rings (SSSR count). The predicted molar refractivity (Wildman–Crippen MR) is 86.2 cm³/mol. The molecule has 0 aliphatic carbocycles. The van der Waals surface area contributed by atoms with Gasteiger partial charge in [0.1, 0.15) is 5.01 Å². The summed E-state index contributed by atoms with van der Waals surface area (Å²) in [5.41, 5.74) is 2.12. The van der Waals surface area contributed by atoms with Crippen LogP contribution in [0.4, 0.5) is 0 Å². The van der Waals surface area contributed by atoms with E-state index in [0.717, 1.165) is 30.9 Å². The van der Waals surface area contributed by atoms with Crippen molar-refractivity contribution in [1.29, 1.82) is 0 Å². The summed E-state index contributed by atoms with van der Waals surface area (Å²) in [5.74, 6) is 0.774. The number of nitrogens with zero attached hydrogens (tertiary/aromatic N) is 2. The first kappa shape index (κ1) is 13.0. The Balaban J connectivity index is 1.95. The van der Waals surface area contributed by atoms with Crippen molar-refractivity contribution >= 4 is 43.4 Å². The van der Waals surface area contributed by atoms with E-state index in [-0.39, 0.29) is 0 Å². The van der Waals surface area contributed by atoms with Gasteiger partial charge in [0, 0.05) is 20.1 Å². The minimum Gasteiger partial charge on any atom is -0.215 e. The monoisotopic (exact) mass is 394 g/mol. The maximum atomic E-state index is 4.59. The van der Waals surface area contributed by atoms with Crippen LogP contribution in [0.5, 0.6) is 0 Å². The molecule has 19 heavy (non-hydrogen) atoms. The summed E-state index contributed by atoms with van der Waals surface area (Å²) in [6, 6.07) is 16.1. The van der Waals surface area contributed by atoms with Crippen molar-refractivity contribution in [3.05, 3.63) is 57.5 Å². The summed E-state index contributed by atoms with van der Waals surface area (Å²) >= 11 is 8.27. The molecule has 0 fully saturated rings. The number of hydrogen-bond acceptors (Lipinski definition) is 3. The first-order valence-corrected chi connectivity index (χ1v) is 7.94. The Bertz CT molecular complexity index is 630. The van der Waals surface area contributed by atoms with E-state index in [0.29, 0.717) is 0 Å². The van der Waals surface area contributed by atoms with Crippen LogP contribution in [0.2, 0.25) is 0 Å². The van der Waals surface area contributed by atoms with Gasteiger partial charge in [-0.2, -0.15) is 4.37 Å². The van der Waals surface area contributed by atoms with Crippen molar-refractivity contribution in [2.75, 3.05) is 0 Å². The SMILES string of the molecule is Brc1ccc(-c2nsc(-c3ccc(Br)cc3)n2)cc1. The molecule has 1 heterocycles. The lowest BCUT2D eigenvalue weighted by molar-refractivity contribution is 1.32. The molecule has 94 valence electrons. The number of halogens is 2. The molecule has 1 aromatic heterocycles. The summed E-state index contributed by atoms with van der Waals surface area (Å²) in [6.45, 7) is 0. The van der Waals surface area contributed by atoms with Crippen molar-refractivity contribution in [2.24, 2.45) is 0 Å². The van der Waals surface area contributed by atoms with Gasteiger partial charge in [-0.25, -0.2) is 4.98 Å². The molecule has 5 heteroatoms. The highest BCUT2D eigenvalue weighted by molar-refractivity contribution is 9.10. The molecule has 0 bridgehead atoms. The lowest BCUT2D eigenvalue weighted by Gasteiger charge is -1.96. The van der Waals surface area contributed by atoms with Crippen molar-refractivity contribution < 1.29 is 0 Å². The Morgan fingerprint density at radius 1 is 0.737 bits per heavy atom. The summed E-state index contributed by atoms with van der Waals surface area (Å²) in [4.78, 5) is 4.59. The van der Waals surface area contributed by atoms with Gasteiger partial charge in [-0.1, -0.05) is 56.1 Å². The molecule has 0 N–H and O–H groups in total. The summed E-state index contributed by atoms with van der Waals surface area (Å²) in [5, 5.41) is 0.936. The second kappa shape index (κ2) is 5.53. The van der Waals surface area contributed by atoms with Crippen molar-refractivity contribution in [1.82, 2.24) is 9.36 Å². The molecule has 0 aliphatic rings. The Morgan fingerprint density at radius 2 is 1.26 bits per heavy atom. The van der Waals surface area contributed by atoms with E-state index in [9.17, 15) is 0 Å². The highest BCUT2D eigenvalue weighted by Gasteiger charge is 2.08. The van der Waals surface area contributed by atoms with Crippen molar-refractivity contribution in [2.45, 2.75) is 0 Å². The molecule has 0 spiro atoms. The Morgan fingerprint density at radius 3 is 1.84 bits per heavy atom. The first-order valence-electron chi connectivity index (χ1n) is 5.58. The third-order valence-electron chi connectivity index (χ3n) is 2.62. The predicted octanol–water partition coefficient (Wildman–Crippen LogP) is 5.40. The summed E-state index contributed by atoms with van der Waals surface area (Å²) < 4.78 is 6.54. The molecule has 0 aliphatic heterocycles. The van der Waals surface area contributed by atoms with Gasteiger partial charge >= 0.3 is 0 Å². The molecular weight excluding hydrogens is 388 g/mol. The van der Waals surface area contributed by atoms with E-state index >= 15 is 0 Å². The molecule has 0 amide bonds. The highest BCUT2D eigenvalue weighted by atomic mass is 79.9. The van der Waals surface area contributed by atoms with Crippen molar-refractivity contribution in [3.8, 4) is 22.0 Å². The zero-order chi connectivity index (χ0) is 13.2. The Hall–Kier alpha value is -1.04. The van der Waals surface area contributed by atoms with Gasteiger partial charge in [0.2, 0.25) is 0 Å². The number of rotatable bonds is 2. The van der Waals surface area contributed by atoms with Gasteiger partial charge in [0.15, 0.2) is 5.82 Å². The van der Waals surface area contributed by atoms with E-state index in [2.05, 4.69) is 41.2 Å². The van der Waals surface area contributed by atoms with Crippen LogP contribution in [0.1, 0.15) is 0 Å². The van der Waals surface area contributed by atoms with Gasteiger partial charge in [-0.15, -0.1) is 0 Å². The fourth-order valence-corrected chi connectivity index (χ4v) is 2.87. The fraction of sp³-hybridized carbons (Fsp3) is 0. The second-order valence-corrected chi connectivity index (χ2v) is 6.52. The maximum absolute atomic E-state index is 4.59. The quantitative estimate of drug-likeness (QED) is 0.580. The zero-order valence-corrected chi connectivity index (χ0v) is 13.7. The zero-order valence-electron chi connectivity index (χ0n) is 9.68. The van der Waals surface area contributed by atoms with E-state index in [4.69, 9.17) is 0 Å². The first-order chi connectivity index (χ1) is 9.22. The van der Waals surface area contributed by atoms with Gasteiger partial charge in [-0.3, -0.25) is 0 Å². The smallest absolute Gasteiger partial charge is 0.173 e. The van der Waals surface area contributed by atoms with Crippen LogP contribution in [0.25, 0.3) is 22.0 Å². The molecule has 0 unspecified atom stereocenters. The molecule has 0 saturated heterocycles. The summed E-state index contributed by atoms with van der Waals surface area (Å²) in [6.07, 6.45) is 0. The van der Waals surface area contributed by atoms with Crippen LogP contribution in [0, 0.1) is 0 Å². The Labute approximate surface area is 132 Å². The molecular formula is C14H8Br2N2S. The van der Waals surface area contributed by atoms with Crippen LogP contribution in [-0.4, -0.2) is 9.36 Å². The van der Waals surface area contributed by atoms with E-state index < -0.39 is 0 Å². The maximum Gasteiger partial charge on any atom is 0.173 e. The third kappa shape index (κ3) is 2.94. The molecule has 2 nitrogen and oxygen atoms in total. The molecule has 0 atom stereocenters. The minimum atomic E-state index is 0.774. The highest BCUT2D eigenvalue weighted by Crippen LogP contribution is 2.27. The van der Waals surface area contributed by atoms with E-state index in [1.54, 1.807) is 0 Å². The lowest BCUT2D eigenvalue weighted by Crippen LogP contribution is -1.81. The standard InChI is InChI=1S/C14H8Br2N2S/c15-11-5-1-9(2-6-11)13-17-14(19-18-13)10-3-7-12(16)8-4-10/h1-8H. The van der Waals surface area contributed by atoms with Crippen LogP contribution in [-0.2, 0) is 0 Å². The van der Waals surface area contributed by atoms with Gasteiger partial charge in [0.05, 0.1) is 0 Å².